The average Bonchev–Trinajstić information content (AvgIpc) is 3.60. The minimum absolute atomic E-state index is 0.339. The lowest BCUT2D eigenvalue weighted by Gasteiger charge is -2.26. The summed E-state index contributed by atoms with van der Waals surface area (Å²) in [5.74, 6) is 1.13. The number of pyridine rings is 1. The van der Waals surface area contributed by atoms with Crippen molar-refractivity contribution in [1.82, 2.24) is 29.7 Å². The SMILES string of the molecule is CCN(c1nc(-c2ccc(F)cc2)c(C#N)s1)c1c2nc(-c3cnc(N4CCOCC4)nc3)ccc2nn1CC. The molecular weight excluding hydrogens is 529 g/mol. The number of hydrogen-bond donors (Lipinski definition) is 0. The first-order valence-corrected chi connectivity index (χ1v) is 13.9. The van der Waals surface area contributed by atoms with Crippen LogP contribution in [0.5, 0.6) is 0 Å². The molecule has 0 atom stereocenters. The second-order valence-electron chi connectivity index (χ2n) is 9.11. The third kappa shape index (κ3) is 4.74. The Morgan fingerprint density at radius 2 is 1.77 bits per heavy atom. The highest BCUT2D eigenvalue weighted by Gasteiger charge is 2.24. The summed E-state index contributed by atoms with van der Waals surface area (Å²) in [5.41, 5.74) is 4.22. The molecule has 5 aromatic rings. The Hall–Kier alpha value is -4.47. The second-order valence-corrected chi connectivity index (χ2v) is 10.1. The van der Waals surface area contributed by atoms with E-state index in [0.29, 0.717) is 53.5 Å². The fourth-order valence-electron chi connectivity index (χ4n) is 4.70. The first-order chi connectivity index (χ1) is 19.6. The Bertz CT molecular complexity index is 1690. The maximum atomic E-state index is 13.5. The van der Waals surface area contributed by atoms with E-state index in [0.717, 1.165) is 41.2 Å². The number of nitriles is 1. The van der Waals surface area contributed by atoms with Crippen molar-refractivity contribution in [3.8, 4) is 28.6 Å². The van der Waals surface area contributed by atoms with E-state index in [1.54, 1.807) is 24.5 Å². The molecule has 4 aromatic heterocycles. The first-order valence-electron chi connectivity index (χ1n) is 13.1. The van der Waals surface area contributed by atoms with Gasteiger partial charge in [0.25, 0.3) is 0 Å². The van der Waals surface area contributed by atoms with Crippen LogP contribution < -0.4 is 9.80 Å². The van der Waals surface area contributed by atoms with Crippen molar-refractivity contribution in [2.45, 2.75) is 20.4 Å². The summed E-state index contributed by atoms with van der Waals surface area (Å²) in [7, 11) is 0. The van der Waals surface area contributed by atoms with Crippen LogP contribution in [-0.2, 0) is 11.3 Å². The van der Waals surface area contributed by atoms with Gasteiger partial charge in [-0.05, 0) is 50.2 Å². The van der Waals surface area contributed by atoms with Crippen molar-refractivity contribution in [2.75, 3.05) is 42.6 Å². The summed E-state index contributed by atoms with van der Waals surface area (Å²) in [6.07, 6.45) is 3.59. The molecule has 40 heavy (non-hydrogen) atoms. The lowest BCUT2D eigenvalue weighted by molar-refractivity contribution is 0.122. The minimum atomic E-state index is -0.339. The van der Waals surface area contributed by atoms with Crippen LogP contribution in [0.3, 0.4) is 0 Å². The summed E-state index contributed by atoms with van der Waals surface area (Å²) < 4.78 is 20.9. The number of hydrogen-bond acceptors (Lipinski definition) is 10. The van der Waals surface area contributed by atoms with Crippen LogP contribution in [0, 0.1) is 17.1 Å². The Morgan fingerprint density at radius 3 is 2.45 bits per heavy atom. The number of halogens is 1. The van der Waals surface area contributed by atoms with Crippen molar-refractivity contribution >= 4 is 39.3 Å². The Balaban J connectivity index is 1.40. The summed E-state index contributed by atoms with van der Waals surface area (Å²) in [6, 6.07) is 12.1. The smallest absolute Gasteiger partial charge is 0.225 e. The number of fused-ring (bicyclic) bond motifs is 1. The molecule has 1 aliphatic heterocycles. The molecule has 0 saturated carbocycles. The quantitative estimate of drug-likeness (QED) is 0.273. The Kier molecular flexibility index (Phi) is 7.06. The number of nitrogens with zero attached hydrogens (tertiary/aromatic N) is 9. The van der Waals surface area contributed by atoms with E-state index in [4.69, 9.17) is 19.8 Å². The number of rotatable bonds is 7. The van der Waals surface area contributed by atoms with Crippen molar-refractivity contribution in [3.05, 3.63) is 59.5 Å². The molecule has 0 unspecified atom stereocenters. The summed E-state index contributed by atoms with van der Waals surface area (Å²) in [4.78, 5) is 23.6. The largest absolute Gasteiger partial charge is 0.378 e. The van der Waals surface area contributed by atoms with Crippen molar-refractivity contribution in [3.63, 3.8) is 0 Å². The van der Waals surface area contributed by atoms with E-state index >= 15 is 0 Å². The molecule has 1 saturated heterocycles. The van der Waals surface area contributed by atoms with E-state index in [-0.39, 0.29) is 5.82 Å². The number of morpholine rings is 1. The van der Waals surface area contributed by atoms with Crippen LogP contribution in [0.4, 0.5) is 21.3 Å². The number of anilines is 3. The van der Waals surface area contributed by atoms with E-state index in [2.05, 4.69) is 20.9 Å². The van der Waals surface area contributed by atoms with Crippen molar-refractivity contribution in [1.29, 1.82) is 5.26 Å². The highest BCUT2D eigenvalue weighted by molar-refractivity contribution is 7.16. The van der Waals surface area contributed by atoms with Crippen LogP contribution >= 0.6 is 11.3 Å². The average molecular weight is 556 g/mol. The third-order valence-corrected chi connectivity index (χ3v) is 7.71. The van der Waals surface area contributed by atoms with E-state index < -0.39 is 0 Å². The van der Waals surface area contributed by atoms with Crippen LogP contribution in [0.15, 0.2) is 48.8 Å². The molecule has 12 heteroatoms. The monoisotopic (exact) mass is 555 g/mol. The van der Waals surface area contributed by atoms with Crippen molar-refractivity contribution < 1.29 is 9.13 Å². The maximum Gasteiger partial charge on any atom is 0.225 e. The maximum absolute atomic E-state index is 13.5. The third-order valence-electron chi connectivity index (χ3n) is 6.72. The summed E-state index contributed by atoms with van der Waals surface area (Å²) in [6.45, 7) is 8.11. The second kappa shape index (κ2) is 11.0. The fourth-order valence-corrected chi connectivity index (χ4v) is 5.66. The number of thiazole rings is 1. The van der Waals surface area contributed by atoms with Gasteiger partial charge in [0, 0.05) is 49.7 Å². The molecule has 0 bridgehead atoms. The Morgan fingerprint density at radius 1 is 1.02 bits per heavy atom. The molecule has 0 aliphatic carbocycles. The van der Waals surface area contributed by atoms with Crippen LogP contribution in [0.2, 0.25) is 0 Å². The zero-order valence-electron chi connectivity index (χ0n) is 22.1. The Labute approximate surface area is 234 Å². The zero-order valence-corrected chi connectivity index (χ0v) is 22.9. The van der Waals surface area contributed by atoms with Gasteiger partial charge in [0.15, 0.2) is 10.9 Å². The topological polar surface area (TPSA) is 109 Å². The number of aryl methyl sites for hydroxylation is 1. The molecule has 1 fully saturated rings. The lowest BCUT2D eigenvalue weighted by atomic mass is 10.1. The lowest BCUT2D eigenvalue weighted by Crippen LogP contribution is -2.37. The first kappa shape index (κ1) is 25.8. The van der Waals surface area contributed by atoms with E-state index in [1.807, 2.05) is 35.6 Å². The van der Waals surface area contributed by atoms with Crippen LogP contribution in [-0.4, -0.2) is 62.6 Å². The summed E-state index contributed by atoms with van der Waals surface area (Å²) >= 11 is 1.29. The van der Waals surface area contributed by atoms with Gasteiger partial charge >= 0.3 is 0 Å². The fraction of sp³-hybridized carbons (Fsp3) is 0.286. The number of benzene rings is 1. The number of ether oxygens (including phenoxy) is 1. The highest BCUT2D eigenvalue weighted by Crippen LogP contribution is 2.38. The van der Waals surface area contributed by atoms with Gasteiger partial charge in [0.1, 0.15) is 33.5 Å². The van der Waals surface area contributed by atoms with Gasteiger partial charge in [-0.1, -0.05) is 11.3 Å². The predicted molar refractivity (Wildman–Crippen MR) is 152 cm³/mol. The molecule has 0 N–H and O–H groups in total. The van der Waals surface area contributed by atoms with Gasteiger partial charge in [-0.3, -0.25) is 0 Å². The molecule has 1 aromatic carbocycles. The molecule has 0 amide bonds. The minimum Gasteiger partial charge on any atom is -0.378 e. The molecule has 0 radical (unpaired) electrons. The zero-order chi connectivity index (χ0) is 27.6. The van der Waals surface area contributed by atoms with E-state index in [1.165, 1.54) is 23.5 Å². The van der Waals surface area contributed by atoms with Gasteiger partial charge in [-0.15, -0.1) is 0 Å². The standard InChI is InChI=1S/C28H26FN9OS/c1-3-37(28-34-24(23(15-30)40-28)18-5-7-20(29)8-6-18)26-25-22(35-38(26)4-2)10-9-21(33-25)19-16-31-27(32-17-19)36-11-13-39-14-12-36/h5-10,16-17H,3-4,11-14H2,1-2H3. The molecule has 10 nitrogen and oxygen atoms in total. The van der Waals surface area contributed by atoms with Crippen molar-refractivity contribution in [2.24, 2.45) is 0 Å². The van der Waals surface area contributed by atoms with Gasteiger partial charge in [0.05, 0.1) is 18.9 Å². The number of aromatic nitrogens is 6. The molecule has 0 spiro atoms. The molecule has 6 rings (SSSR count). The normalized spacial score (nSPS) is 13.5. The molecule has 1 aliphatic rings. The van der Waals surface area contributed by atoms with Gasteiger partial charge in [-0.25, -0.2) is 29.0 Å². The van der Waals surface area contributed by atoms with Crippen LogP contribution in [0.25, 0.3) is 33.5 Å². The highest BCUT2D eigenvalue weighted by atomic mass is 32.1. The van der Waals surface area contributed by atoms with Crippen LogP contribution in [0.1, 0.15) is 18.7 Å². The van der Waals surface area contributed by atoms with Gasteiger partial charge in [-0.2, -0.15) is 10.4 Å². The molecule has 202 valence electrons. The van der Waals surface area contributed by atoms with E-state index in [9.17, 15) is 9.65 Å². The predicted octanol–water partition coefficient (Wildman–Crippen LogP) is 5.04. The summed E-state index contributed by atoms with van der Waals surface area (Å²) in [5, 5.41) is 15.3. The molecule has 5 heterocycles. The molecular formula is C28H26FN9OS. The van der Waals surface area contributed by atoms with Gasteiger partial charge < -0.3 is 14.5 Å². The van der Waals surface area contributed by atoms with Gasteiger partial charge in [0.2, 0.25) is 5.95 Å².